The van der Waals surface area contributed by atoms with Gasteiger partial charge in [0.05, 0.1) is 17.2 Å². The first-order chi connectivity index (χ1) is 7.63. The average Bonchev–Trinajstić information content (AvgIpc) is 2.60. The topological polar surface area (TPSA) is 39.2 Å². The Morgan fingerprint density at radius 3 is 3.12 bits per heavy atom. The van der Waals surface area contributed by atoms with Crippen molar-refractivity contribution in [1.29, 1.82) is 0 Å². The van der Waals surface area contributed by atoms with Gasteiger partial charge >= 0.3 is 5.97 Å². The number of carbonyl (C=O) groups is 1. The summed E-state index contributed by atoms with van der Waals surface area (Å²) in [5.74, 6) is -0.466. The Morgan fingerprint density at radius 2 is 2.44 bits per heavy atom. The molecule has 6 heteroatoms. The number of hydrogen-bond acceptors (Lipinski definition) is 4. The number of pyridine rings is 1. The molecule has 0 spiro atoms. The van der Waals surface area contributed by atoms with Gasteiger partial charge in [-0.25, -0.2) is 9.78 Å². The van der Waals surface area contributed by atoms with E-state index in [2.05, 4.69) is 4.98 Å². The van der Waals surface area contributed by atoms with Crippen molar-refractivity contribution in [2.75, 3.05) is 6.61 Å². The van der Waals surface area contributed by atoms with Crippen LogP contribution in [0.5, 0.6) is 0 Å². The molecule has 2 aromatic rings. The van der Waals surface area contributed by atoms with E-state index in [4.69, 9.17) is 24.2 Å². The first-order valence-corrected chi connectivity index (χ1v) is 5.83. The fourth-order valence-corrected chi connectivity index (χ4v) is 2.43. The summed E-state index contributed by atoms with van der Waals surface area (Å²) >= 11 is 7.43. The fraction of sp³-hybridized carbons (Fsp3) is 0.200. The van der Waals surface area contributed by atoms with E-state index in [9.17, 15) is 4.79 Å². The number of nitrogens with zero attached hydrogens (tertiary/aromatic N) is 1. The second-order valence-corrected chi connectivity index (χ2v) is 4.51. The summed E-state index contributed by atoms with van der Waals surface area (Å²) in [6.07, 6.45) is 1.42. The van der Waals surface area contributed by atoms with Gasteiger partial charge < -0.3 is 4.74 Å². The lowest BCUT2D eigenvalue weighted by molar-refractivity contribution is 0.0526. The predicted octanol–water partition coefficient (Wildman–Crippen LogP) is 1.92. The van der Waals surface area contributed by atoms with E-state index in [-0.39, 0.29) is 5.56 Å². The van der Waals surface area contributed by atoms with Gasteiger partial charge in [-0.3, -0.25) is 0 Å². The summed E-state index contributed by atoms with van der Waals surface area (Å²) in [4.78, 5) is 16.4. The van der Waals surface area contributed by atoms with E-state index in [1.54, 1.807) is 13.0 Å². The number of ether oxygens (including phenoxy) is 1. The summed E-state index contributed by atoms with van der Waals surface area (Å²) in [7, 11) is 5.65. The van der Waals surface area contributed by atoms with Crippen LogP contribution in [0.25, 0.3) is 10.2 Å². The number of halogens is 1. The van der Waals surface area contributed by atoms with Gasteiger partial charge in [-0.05, 0) is 17.8 Å². The number of rotatable bonds is 2. The number of fused-ring (bicyclic) bond motifs is 1. The molecule has 0 saturated carbocycles. The third-order valence-electron chi connectivity index (χ3n) is 2.01. The molecule has 2 rings (SSSR count). The summed E-state index contributed by atoms with van der Waals surface area (Å²) < 4.78 is 5.49. The van der Waals surface area contributed by atoms with E-state index in [1.165, 1.54) is 17.5 Å². The highest BCUT2D eigenvalue weighted by Crippen LogP contribution is 2.28. The number of thiophene rings is 1. The number of carbonyl (C=O) groups excluding carboxylic acids is 1. The Morgan fingerprint density at radius 1 is 1.69 bits per heavy atom. The van der Waals surface area contributed by atoms with Gasteiger partial charge in [-0.2, -0.15) is 0 Å². The Kier molecular flexibility index (Phi) is 3.16. The van der Waals surface area contributed by atoms with Crippen molar-refractivity contribution >= 4 is 51.7 Å². The van der Waals surface area contributed by atoms with Crippen molar-refractivity contribution in [1.82, 2.24) is 4.98 Å². The van der Waals surface area contributed by atoms with Crippen LogP contribution in [0.4, 0.5) is 0 Å². The molecule has 2 aromatic heterocycles. The average molecular weight is 252 g/mol. The largest absolute Gasteiger partial charge is 0.462 e. The number of aromatic nitrogens is 1. The second kappa shape index (κ2) is 4.43. The quantitative estimate of drug-likeness (QED) is 0.605. The van der Waals surface area contributed by atoms with Crippen molar-refractivity contribution in [2.24, 2.45) is 0 Å². The maximum Gasteiger partial charge on any atom is 0.341 e. The van der Waals surface area contributed by atoms with Crippen LogP contribution in [-0.2, 0) is 4.74 Å². The maximum atomic E-state index is 11.5. The van der Waals surface area contributed by atoms with Crippen molar-refractivity contribution in [2.45, 2.75) is 6.92 Å². The zero-order valence-electron chi connectivity index (χ0n) is 8.49. The molecule has 0 saturated heterocycles. The second-order valence-electron chi connectivity index (χ2n) is 3.07. The highest BCUT2D eigenvalue weighted by atomic mass is 35.5. The van der Waals surface area contributed by atoms with Gasteiger partial charge in [0.25, 0.3) is 0 Å². The molecule has 0 atom stereocenters. The molecule has 0 aromatic carbocycles. The molecule has 2 heterocycles. The zero-order chi connectivity index (χ0) is 11.7. The van der Waals surface area contributed by atoms with E-state index in [1.807, 2.05) is 0 Å². The fourth-order valence-electron chi connectivity index (χ4n) is 1.33. The van der Waals surface area contributed by atoms with E-state index in [0.717, 1.165) is 4.83 Å². The van der Waals surface area contributed by atoms with Crippen molar-refractivity contribution in [3.05, 3.63) is 22.8 Å². The highest BCUT2D eigenvalue weighted by molar-refractivity contribution is 7.25. The van der Waals surface area contributed by atoms with E-state index < -0.39 is 5.97 Å². The molecule has 2 radical (unpaired) electrons. The van der Waals surface area contributed by atoms with Gasteiger partial charge in [0, 0.05) is 11.6 Å². The lowest BCUT2D eigenvalue weighted by Gasteiger charge is -2.03. The van der Waals surface area contributed by atoms with Crippen LogP contribution in [0.3, 0.4) is 0 Å². The summed E-state index contributed by atoms with van der Waals surface area (Å²) in [5.41, 5.74) is 0.272. The summed E-state index contributed by atoms with van der Waals surface area (Å²) in [6, 6.07) is 1.71. The van der Waals surface area contributed by atoms with Crippen LogP contribution in [0, 0.1) is 0 Å². The maximum absolute atomic E-state index is 11.5. The van der Waals surface area contributed by atoms with E-state index >= 15 is 0 Å². The van der Waals surface area contributed by atoms with Crippen LogP contribution in [0.15, 0.2) is 12.3 Å². The molecule has 0 aliphatic heterocycles. The van der Waals surface area contributed by atoms with Gasteiger partial charge in [0.15, 0.2) is 0 Å². The molecule has 80 valence electrons. The van der Waals surface area contributed by atoms with Crippen LogP contribution < -0.4 is 4.78 Å². The minimum absolute atomic E-state index is 0.272. The SMILES string of the molecule is [B]c1cc2c(Cl)c(C(=O)OCC)cnc2s1. The molecule has 0 N–H and O–H groups in total. The first kappa shape index (κ1) is 11.4. The summed E-state index contributed by atoms with van der Waals surface area (Å²) in [6.45, 7) is 2.04. The van der Waals surface area contributed by atoms with Crippen LogP contribution in [-0.4, -0.2) is 25.4 Å². The lowest BCUT2D eigenvalue weighted by Crippen LogP contribution is -2.05. The minimum Gasteiger partial charge on any atom is -0.462 e. The third-order valence-corrected chi connectivity index (χ3v) is 3.29. The summed E-state index contributed by atoms with van der Waals surface area (Å²) in [5, 5.41) is 1.03. The Bertz CT molecular complexity index is 555. The van der Waals surface area contributed by atoms with Crippen molar-refractivity contribution < 1.29 is 9.53 Å². The lowest BCUT2D eigenvalue weighted by atomic mass is 10.1. The van der Waals surface area contributed by atoms with Crippen molar-refractivity contribution in [3.63, 3.8) is 0 Å². The normalized spacial score (nSPS) is 10.6. The molecule has 0 aliphatic rings. The van der Waals surface area contributed by atoms with Gasteiger partial charge in [-0.1, -0.05) is 11.6 Å². The first-order valence-electron chi connectivity index (χ1n) is 4.64. The number of esters is 1. The predicted molar refractivity (Wildman–Crippen MR) is 66.0 cm³/mol. The molecular formula is C10H7BClNO2S. The standard InChI is InChI=1S/C10H7BClNO2S/c1-2-15-10(14)6-4-13-9-5(8(6)12)3-7(11)16-9/h3-4H,2H2,1H3. The molecule has 0 fully saturated rings. The molecule has 3 nitrogen and oxygen atoms in total. The van der Waals surface area contributed by atoms with Gasteiger partial charge in [0.2, 0.25) is 0 Å². The molecule has 0 aliphatic carbocycles. The van der Waals surface area contributed by atoms with Crippen molar-refractivity contribution in [3.8, 4) is 0 Å². The van der Waals surface area contributed by atoms with Crippen LogP contribution in [0.2, 0.25) is 5.02 Å². The van der Waals surface area contributed by atoms with Gasteiger partial charge in [-0.15, -0.1) is 11.3 Å². The molecule has 16 heavy (non-hydrogen) atoms. The molecular weight excluding hydrogens is 244 g/mol. The van der Waals surface area contributed by atoms with Gasteiger partial charge in [0.1, 0.15) is 12.7 Å². The number of hydrogen-bond donors (Lipinski definition) is 0. The van der Waals surface area contributed by atoms with E-state index in [0.29, 0.717) is 21.8 Å². The zero-order valence-corrected chi connectivity index (χ0v) is 10.1. The Balaban J connectivity index is 2.55. The molecule has 0 bridgehead atoms. The van der Waals surface area contributed by atoms with Crippen LogP contribution in [0.1, 0.15) is 17.3 Å². The van der Waals surface area contributed by atoms with Crippen LogP contribution >= 0.6 is 22.9 Å². The highest BCUT2D eigenvalue weighted by Gasteiger charge is 2.15. The monoisotopic (exact) mass is 251 g/mol. The minimum atomic E-state index is -0.466. The third kappa shape index (κ3) is 1.93. The Labute approximate surface area is 103 Å². The molecule has 0 unspecified atom stereocenters. The molecule has 0 amide bonds. The smallest absolute Gasteiger partial charge is 0.341 e. The Hall–Kier alpha value is -1.07.